The summed E-state index contributed by atoms with van der Waals surface area (Å²) < 4.78 is 7.35. The lowest BCUT2D eigenvalue weighted by Crippen LogP contribution is -1.96. The third-order valence-electron chi connectivity index (χ3n) is 2.99. The standard InChI is InChI=1S/C13H13N3O4/c1-8-13(9(2)15(3)14-8)20-11-4-5-12(16(18)19)10(6-11)7-17/h4-7H,1-3H3. The number of nitrogens with zero attached hydrogens (tertiary/aromatic N) is 3. The van der Waals surface area contributed by atoms with Gasteiger partial charge in [-0.3, -0.25) is 19.6 Å². The third-order valence-corrected chi connectivity index (χ3v) is 2.99. The van der Waals surface area contributed by atoms with Crippen molar-refractivity contribution >= 4 is 12.0 Å². The summed E-state index contributed by atoms with van der Waals surface area (Å²) in [7, 11) is 1.79. The highest BCUT2D eigenvalue weighted by molar-refractivity contribution is 5.82. The number of hydrogen-bond acceptors (Lipinski definition) is 5. The van der Waals surface area contributed by atoms with E-state index in [1.807, 2.05) is 6.92 Å². The lowest BCUT2D eigenvalue weighted by Gasteiger charge is -2.06. The van der Waals surface area contributed by atoms with Crippen LogP contribution in [-0.2, 0) is 7.05 Å². The summed E-state index contributed by atoms with van der Waals surface area (Å²) in [6.45, 7) is 3.65. The number of carbonyl (C=O) groups excluding carboxylic acids is 1. The SMILES string of the molecule is Cc1nn(C)c(C)c1Oc1ccc([N+](=O)[O-])c(C=O)c1. The van der Waals surface area contributed by atoms with E-state index in [-0.39, 0.29) is 11.3 Å². The van der Waals surface area contributed by atoms with E-state index in [1.54, 1.807) is 18.7 Å². The Labute approximate surface area is 114 Å². The van der Waals surface area contributed by atoms with E-state index < -0.39 is 4.92 Å². The Morgan fingerprint density at radius 1 is 1.40 bits per heavy atom. The third kappa shape index (κ3) is 2.37. The Morgan fingerprint density at radius 2 is 2.10 bits per heavy atom. The fourth-order valence-corrected chi connectivity index (χ4v) is 1.88. The molecule has 0 aliphatic carbocycles. The highest BCUT2D eigenvalue weighted by Gasteiger charge is 2.16. The number of rotatable bonds is 4. The molecule has 0 aliphatic rings. The topological polar surface area (TPSA) is 87.3 Å². The summed E-state index contributed by atoms with van der Waals surface area (Å²) in [5.41, 5.74) is 1.27. The highest BCUT2D eigenvalue weighted by Crippen LogP contribution is 2.30. The number of aldehydes is 1. The Kier molecular flexibility index (Phi) is 3.51. The van der Waals surface area contributed by atoms with Gasteiger partial charge in [0.25, 0.3) is 5.69 Å². The minimum absolute atomic E-state index is 0.0216. The van der Waals surface area contributed by atoms with Crippen LogP contribution in [0.3, 0.4) is 0 Å². The van der Waals surface area contributed by atoms with E-state index in [4.69, 9.17) is 4.74 Å². The lowest BCUT2D eigenvalue weighted by atomic mass is 10.2. The summed E-state index contributed by atoms with van der Waals surface area (Å²) >= 11 is 0. The second-order valence-corrected chi connectivity index (χ2v) is 4.32. The number of benzene rings is 1. The monoisotopic (exact) mass is 275 g/mol. The van der Waals surface area contributed by atoms with E-state index >= 15 is 0 Å². The van der Waals surface area contributed by atoms with Gasteiger partial charge in [-0.15, -0.1) is 0 Å². The zero-order chi connectivity index (χ0) is 14.9. The molecule has 20 heavy (non-hydrogen) atoms. The molecule has 1 aromatic heterocycles. The van der Waals surface area contributed by atoms with Crippen LogP contribution in [0.1, 0.15) is 21.7 Å². The number of nitro groups is 1. The smallest absolute Gasteiger partial charge is 0.280 e. The molecule has 0 radical (unpaired) electrons. The fourth-order valence-electron chi connectivity index (χ4n) is 1.88. The summed E-state index contributed by atoms with van der Waals surface area (Å²) in [5.74, 6) is 0.940. The van der Waals surface area contributed by atoms with Crippen molar-refractivity contribution in [1.82, 2.24) is 9.78 Å². The Bertz CT molecular complexity index is 691. The quantitative estimate of drug-likeness (QED) is 0.486. The molecule has 7 heteroatoms. The Balaban J connectivity index is 2.40. The molecule has 0 fully saturated rings. The largest absolute Gasteiger partial charge is 0.453 e. The van der Waals surface area contributed by atoms with Crippen molar-refractivity contribution in [3.63, 3.8) is 0 Å². The van der Waals surface area contributed by atoms with Gasteiger partial charge in [0.15, 0.2) is 12.0 Å². The first kappa shape index (κ1) is 13.7. The first-order valence-electron chi connectivity index (χ1n) is 5.85. The van der Waals surface area contributed by atoms with E-state index in [0.717, 1.165) is 5.69 Å². The van der Waals surface area contributed by atoms with Crippen molar-refractivity contribution in [2.45, 2.75) is 13.8 Å². The maximum absolute atomic E-state index is 10.9. The molecule has 0 N–H and O–H groups in total. The van der Waals surface area contributed by atoms with Crippen LogP contribution in [0.2, 0.25) is 0 Å². The summed E-state index contributed by atoms with van der Waals surface area (Å²) in [6, 6.07) is 4.05. The van der Waals surface area contributed by atoms with Crippen LogP contribution >= 0.6 is 0 Å². The average molecular weight is 275 g/mol. The van der Waals surface area contributed by atoms with Crippen molar-refractivity contribution in [3.05, 3.63) is 45.3 Å². The molecule has 0 aliphatic heterocycles. The molecule has 0 spiro atoms. The van der Waals surface area contributed by atoms with Gasteiger partial charge in [0.05, 0.1) is 16.2 Å². The second-order valence-electron chi connectivity index (χ2n) is 4.32. The molecule has 1 heterocycles. The normalized spacial score (nSPS) is 10.3. The van der Waals surface area contributed by atoms with Gasteiger partial charge in [-0.25, -0.2) is 0 Å². The van der Waals surface area contributed by atoms with Crippen LogP contribution < -0.4 is 4.74 Å². The summed E-state index contributed by atoms with van der Waals surface area (Å²) in [4.78, 5) is 21.0. The molecule has 104 valence electrons. The van der Waals surface area contributed by atoms with Crippen LogP contribution in [-0.4, -0.2) is 21.0 Å². The second kappa shape index (κ2) is 5.12. The van der Waals surface area contributed by atoms with Crippen LogP contribution in [0.5, 0.6) is 11.5 Å². The highest BCUT2D eigenvalue weighted by atomic mass is 16.6. The van der Waals surface area contributed by atoms with Gasteiger partial charge in [0.1, 0.15) is 11.4 Å². The van der Waals surface area contributed by atoms with Crippen molar-refractivity contribution < 1.29 is 14.5 Å². The molecule has 0 atom stereocenters. The van der Waals surface area contributed by atoms with Gasteiger partial charge >= 0.3 is 0 Å². The zero-order valence-corrected chi connectivity index (χ0v) is 11.3. The number of aromatic nitrogens is 2. The van der Waals surface area contributed by atoms with Crippen molar-refractivity contribution in [1.29, 1.82) is 0 Å². The average Bonchev–Trinajstić information content (AvgIpc) is 2.65. The van der Waals surface area contributed by atoms with Gasteiger partial charge in [-0.05, 0) is 26.0 Å². The molecule has 0 amide bonds. The number of ether oxygens (including phenoxy) is 1. The molecule has 0 bridgehead atoms. The van der Waals surface area contributed by atoms with E-state index in [2.05, 4.69) is 5.10 Å². The van der Waals surface area contributed by atoms with Crippen molar-refractivity contribution in [2.75, 3.05) is 0 Å². The Hall–Kier alpha value is -2.70. The van der Waals surface area contributed by atoms with Crippen LogP contribution in [0.15, 0.2) is 18.2 Å². The number of nitro benzene ring substituents is 1. The first-order valence-corrected chi connectivity index (χ1v) is 5.85. The van der Waals surface area contributed by atoms with E-state index in [1.165, 1.54) is 18.2 Å². The molecular formula is C13H13N3O4. The van der Waals surface area contributed by atoms with Crippen LogP contribution in [0.25, 0.3) is 0 Å². The maximum atomic E-state index is 10.9. The molecule has 0 saturated heterocycles. The van der Waals surface area contributed by atoms with Gasteiger partial charge in [-0.2, -0.15) is 5.10 Å². The molecular weight excluding hydrogens is 262 g/mol. The zero-order valence-electron chi connectivity index (χ0n) is 11.3. The predicted octanol–water partition coefficient (Wildman–Crippen LogP) is 2.55. The number of carbonyl (C=O) groups is 1. The molecule has 0 unspecified atom stereocenters. The lowest BCUT2D eigenvalue weighted by molar-refractivity contribution is -0.385. The van der Waals surface area contributed by atoms with Gasteiger partial charge in [0.2, 0.25) is 0 Å². The number of aryl methyl sites for hydroxylation is 2. The van der Waals surface area contributed by atoms with Gasteiger partial charge in [0, 0.05) is 13.1 Å². The van der Waals surface area contributed by atoms with E-state index in [9.17, 15) is 14.9 Å². The van der Waals surface area contributed by atoms with E-state index in [0.29, 0.717) is 23.5 Å². The molecule has 2 rings (SSSR count). The summed E-state index contributed by atoms with van der Waals surface area (Å²) in [6.07, 6.45) is 0.438. The maximum Gasteiger partial charge on any atom is 0.280 e. The molecule has 0 saturated carbocycles. The fraction of sp³-hybridized carbons (Fsp3) is 0.231. The van der Waals surface area contributed by atoms with Crippen LogP contribution in [0.4, 0.5) is 5.69 Å². The molecule has 7 nitrogen and oxygen atoms in total. The first-order chi connectivity index (χ1) is 9.43. The summed E-state index contributed by atoms with van der Waals surface area (Å²) in [5, 5.41) is 15.0. The van der Waals surface area contributed by atoms with Gasteiger partial charge < -0.3 is 4.74 Å². The van der Waals surface area contributed by atoms with Crippen molar-refractivity contribution in [2.24, 2.45) is 7.05 Å². The predicted molar refractivity (Wildman–Crippen MR) is 71.2 cm³/mol. The minimum Gasteiger partial charge on any atom is -0.453 e. The molecule has 1 aromatic carbocycles. The van der Waals surface area contributed by atoms with Gasteiger partial charge in [-0.1, -0.05) is 0 Å². The molecule has 2 aromatic rings. The van der Waals surface area contributed by atoms with Crippen LogP contribution in [0, 0.1) is 24.0 Å². The van der Waals surface area contributed by atoms with Crippen molar-refractivity contribution in [3.8, 4) is 11.5 Å². The number of hydrogen-bond donors (Lipinski definition) is 0. The Morgan fingerprint density at radius 3 is 2.60 bits per heavy atom. The minimum atomic E-state index is -0.603.